The van der Waals surface area contributed by atoms with E-state index in [0.29, 0.717) is 0 Å². The number of halogens is 7. The molecule has 14 heavy (non-hydrogen) atoms. The normalized spacial score (nSPS) is 47.6. The number of hydrogen-bond donors (Lipinski definition) is 0. The molecule has 0 nitrogen and oxygen atoms in total. The molecule has 1 fully saturated rings. The number of alkyl halides is 6. The van der Waals surface area contributed by atoms with Crippen molar-refractivity contribution < 1.29 is 4.70 Å². The van der Waals surface area contributed by atoms with Crippen molar-refractivity contribution in [3.63, 3.8) is 0 Å². The van der Waals surface area contributed by atoms with Crippen LogP contribution in [0, 0.1) is 0 Å². The Balaban J connectivity index is 0. The molecule has 0 saturated heterocycles. The van der Waals surface area contributed by atoms with E-state index >= 15 is 0 Å². The van der Waals surface area contributed by atoms with Crippen LogP contribution in [0.1, 0.15) is 0 Å². The Morgan fingerprint density at radius 2 is 0.500 bits per heavy atom. The molecule has 8 heteroatoms. The van der Waals surface area contributed by atoms with Gasteiger partial charge in [-0.2, -0.15) is 13.5 Å². The van der Waals surface area contributed by atoms with E-state index in [2.05, 4.69) is 0 Å². The molecule has 0 aromatic heterocycles. The summed E-state index contributed by atoms with van der Waals surface area (Å²) < 4.78 is 0. The highest BCUT2D eigenvalue weighted by Crippen LogP contribution is 2.39. The van der Waals surface area contributed by atoms with Crippen LogP contribution < -0.4 is 0 Å². The second kappa shape index (κ2) is 7.37. The minimum atomic E-state index is -0.437. The first kappa shape index (κ1) is 18.4. The molecule has 0 atom stereocenters. The van der Waals surface area contributed by atoms with Crippen LogP contribution in [0.3, 0.4) is 0 Å². The predicted octanol–water partition coefficient (Wildman–Crippen LogP) is 3.91. The zero-order valence-corrected chi connectivity index (χ0v) is 12.2. The highest BCUT2D eigenvalue weighted by Gasteiger charge is 2.46. The minimum Gasteiger partial charge on any atom is -0.269 e. The van der Waals surface area contributed by atoms with Gasteiger partial charge in [0.15, 0.2) is 0 Å². The molecule has 0 aromatic carbocycles. The summed E-state index contributed by atoms with van der Waals surface area (Å²) in [6.07, 6.45) is 0. The lowest BCUT2D eigenvalue weighted by Gasteiger charge is -2.37. The third-order valence-electron chi connectivity index (χ3n) is 1.83. The van der Waals surface area contributed by atoms with Crippen molar-refractivity contribution >= 4 is 83.1 Å². The summed E-state index contributed by atoms with van der Waals surface area (Å²) in [5.74, 6) is 0. The first-order valence-electron chi connectivity index (χ1n) is 3.31. The molecular formula is C6H9Cl6FS. The van der Waals surface area contributed by atoms with Gasteiger partial charge in [0.2, 0.25) is 0 Å². The molecule has 0 amide bonds. The summed E-state index contributed by atoms with van der Waals surface area (Å²) >= 11 is 35.3. The minimum absolute atomic E-state index is 0. The van der Waals surface area contributed by atoms with Crippen LogP contribution in [0.5, 0.6) is 0 Å². The second-order valence-electron chi connectivity index (χ2n) is 2.67. The van der Waals surface area contributed by atoms with Crippen LogP contribution in [0.4, 0.5) is 4.70 Å². The van der Waals surface area contributed by atoms with Crippen molar-refractivity contribution in [2.45, 2.75) is 32.3 Å². The summed E-state index contributed by atoms with van der Waals surface area (Å²) in [4.78, 5) is 0. The van der Waals surface area contributed by atoms with Gasteiger partial charge in [-0.05, 0) is 0 Å². The lowest BCUT2D eigenvalue weighted by Crippen LogP contribution is -2.52. The maximum Gasteiger partial charge on any atom is 0.0693 e. The zero-order valence-electron chi connectivity index (χ0n) is 6.64. The van der Waals surface area contributed by atoms with Crippen LogP contribution in [0.25, 0.3) is 0 Å². The molecular weight excluding hydrogens is 336 g/mol. The van der Waals surface area contributed by atoms with Crippen molar-refractivity contribution in [2.24, 2.45) is 0 Å². The lowest BCUT2D eigenvalue weighted by molar-refractivity contribution is 0.544. The number of hydrogen-bond acceptors (Lipinski definition) is 0. The summed E-state index contributed by atoms with van der Waals surface area (Å²) in [5.41, 5.74) is 0. The van der Waals surface area contributed by atoms with E-state index in [-0.39, 0.29) is 18.2 Å². The van der Waals surface area contributed by atoms with E-state index < -0.39 is 32.3 Å². The fraction of sp³-hybridized carbons (Fsp3) is 1.00. The average molecular weight is 345 g/mol. The molecule has 0 aliphatic heterocycles. The van der Waals surface area contributed by atoms with E-state index in [4.69, 9.17) is 69.6 Å². The van der Waals surface area contributed by atoms with Gasteiger partial charge in [0.25, 0.3) is 0 Å². The molecule has 0 N–H and O–H groups in total. The van der Waals surface area contributed by atoms with Gasteiger partial charge in [0.05, 0.1) is 32.3 Å². The van der Waals surface area contributed by atoms with E-state index in [9.17, 15) is 0 Å². The van der Waals surface area contributed by atoms with Crippen molar-refractivity contribution in [3.05, 3.63) is 0 Å². The van der Waals surface area contributed by atoms with Gasteiger partial charge in [-0.25, -0.2) is 0 Å². The Bertz CT molecular complexity index is 114. The molecule has 1 rings (SSSR count). The molecule has 88 valence electrons. The van der Waals surface area contributed by atoms with Crippen LogP contribution in [0.15, 0.2) is 0 Å². The van der Waals surface area contributed by atoms with Crippen molar-refractivity contribution in [1.29, 1.82) is 0 Å². The molecule has 0 heterocycles. The van der Waals surface area contributed by atoms with E-state index in [0.717, 1.165) is 0 Å². The van der Waals surface area contributed by atoms with Crippen LogP contribution in [-0.2, 0) is 0 Å². The first-order chi connectivity index (χ1) is 5.46. The fourth-order valence-corrected chi connectivity index (χ4v) is 3.38. The topological polar surface area (TPSA) is 0 Å². The molecule has 0 unspecified atom stereocenters. The van der Waals surface area contributed by atoms with Crippen LogP contribution in [0.2, 0.25) is 0 Å². The largest absolute Gasteiger partial charge is 0.269 e. The van der Waals surface area contributed by atoms with Gasteiger partial charge >= 0.3 is 0 Å². The second-order valence-corrected chi connectivity index (χ2v) is 5.69. The van der Waals surface area contributed by atoms with Crippen molar-refractivity contribution in [1.82, 2.24) is 0 Å². The van der Waals surface area contributed by atoms with Gasteiger partial charge in [-0.15, -0.1) is 69.6 Å². The Hall–Kier alpha value is 2.02. The maximum atomic E-state index is 5.88. The Morgan fingerprint density at radius 3 is 0.571 bits per heavy atom. The standard InChI is InChI=1S/C6H6Cl6.FH.H2S/c7-1-2(8)4(10)6(12)5(11)3(1)9;;/h1-6H;1H;1H2/t1-,2-,3-,4+,5+,6+;;. The summed E-state index contributed by atoms with van der Waals surface area (Å²) in [5, 5.41) is -2.62. The Labute approximate surface area is 119 Å². The van der Waals surface area contributed by atoms with Gasteiger partial charge in [-0.1, -0.05) is 0 Å². The smallest absolute Gasteiger partial charge is 0.0693 e. The summed E-state index contributed by atoms with van der Waals surface area (Å²) in [6, 6.07) is 0. The molecule has 0 radical (unpaired) electrons. The highest BCUT2D eigenvalue weighted by molar-refractivity contribution is 7.59. The van der Waals surface area contributed by atoms with Gasteiger partial charge < -0.3 is 0 Å². The van der Waals surface area contributed by atoms with E-state index in [1.54, 1.807) is 0 Å². The quantitative estimate of drug-likeness (QED) is 0.584. The number of rotatable bonds is 0. The Kier molecular flexibility index (Phi) is 9.67. The summed E-state index contributed by atoms with van der Waals surface area (Å²) in [6.45, 7) is 0. The monoisotopic (exact) mass is 342 g/mol. The molecule has 1 aliphatic carbocycles. The van der Waals surface area contributed by atoms with Gasteiger partial charge in [0.1, 0.15) is 0 Å². The lowest BCUT2D eigenvalue weighted by atomic mass is 9.97. The molecule has 0 spiro atoms. The van der Waals surface area contributed by atoms with Crippen LogP contribution >= 0.6 is 83.1 Å². The van der Waals surface area contributed by atoms with E-state index in [1.165, 1.54) is 0 Å². The first-order valence-corrected chi connectivity index (χ1v) is 5.93. The summed E-state index contributed by atoms with van der Waals surface area (Å²) in [7, 11) is 0. The highest BCUT2D eigenvalue weighted by atomic mass is 35.5. The van der Waals surface area contributed by atoms with E-state index in [1.807, 2.05) is 0 Å². The van der Waals surface area contributed by atoms with Gasteiger partial charge in [-0.3, -0.25) is 4.70 Å². The average Bonchev–Trinajstić information content (AvgIpc) is 2.08. The molecule has 1 aliphatic rings. The third-order valence-corrected chi connectivity index (χ3v) is 5.86. The van der Waals surface area contributed by atoms with Crippen molar-refractivity contribution in [2.75, 3.05) is 0 Å². The fourth-order valence-electron chi connectivity index (χ4n) is 1.05. The zero-order chi connectivity index (χ0) is 9.46. The molecule has 0 aromatic rings. The van der Waals surface area contributed by atoms with Crippen molar-refractivity contribution in [3.8, 4) is 0 Å². The predicted molar refractivity (Wildman–Crippen MR) is 70.7 cm³/mol. The SMILES string of the molecule is Cl[C@H]1[C@H](Cl)[C@@H](Cl)[C@@H](Cl)[C@H](Cl)[C@H]1Cl.F.S. The Morgan fingerprint density at radius 1 is 0.429 bits per heavy atom. The van der Waals surface area contributed by atoms with Gasteiger partial charge in [0, 0.05) is 0 Å². The maximum absolute atomic E-state index is 5.88. The molecule has 0 bridgehead atoms. The molecule has 1 saturated carbocycles. The van der Waals surface area contributed by atoms with Crippen LogP contribution in [-0.4, -0.2) is 32.3 Å². The third kappa shape index (κ3) is 3.51.